The second-order valence-electron chi connectivity index (χ2n) is 3.00. The van der Waals surface area contributed by atoms with E-state index < -0.39 is 5.82 Å². The number of hydrogen-bond donors (Lipinski definition) is 1. The van der Waals surface area contributed by atoms with E-state index in [2.05, 4.69) is 6.92 Å². The van der Waals surface area contributed by atoms with Crippen molar-refractivity contribution in [1.29, 1.82) is 0 Å². The van der Waals surface area contributed by atoms with Crippen LogP contribution < -0.4 is 0 Å². The van der Waals surface area contributed by atoms with Crippen LogP contribution in [0.4, 0.5) is 4.39 Å². The summed E-state index contributed by atoms with van der Waals surface area (Å²) in [5.74, 6) is -0.574. The molecule has 0 aliphatic heterocycles. The maximum atomic E-state index is 12.8. The van der Waals surface area contributed by atoms with Gasteiger partial charge in [0.25, 0.3) is 0 Å². The zero-order valence-corrected chi connectivity index (χ0v) is 8.24. The summed E-state index contributed by atoms with van der Waals surface area (Å²) < 4.78 is 12.8. The summed E-state index contributed by atoms with van der Waals surface area (Å²) in [5, 5.41) is 9.42. The maximum absolute atomic E-state index is 12.8. The number of hydrogen-bond acceptors (Lipinski definition) is 1. The third-order valence-electron chi connectivity index (χ3n) is 1.92. The molecule has 0 aromatic heterocycles. The van der Waals surface area contributed by atoms with E-state index in [1.165, 1.54) is 6.07 Å². The van der Waals surface area contributed by atoms with Crippen molar-refractivity contribution in [2.75, 3.05) is 0 Å². The number of rotatable bonds is 3. The molecule has 1 aromatic carbocycles. The smallest absolute Gasteiger partial charge is 0.145 e. The minimum Gasteiger partial charge on any atom is -0.508 e. The van der Waals surface area contributed by atoms with Gasteiger partial charge in [-0.2, -0.15) is 0 Å². The molecule has 3 heteroatoms. The van der Waals surface area contributed by atoms with Gasteiger partial charge in [0.1, 0.15) is 11.6 Å². The monoisotopic (exact) mass is 202 g/mol. The second-order valence-corrected chi connectivity index (χ2v) is 3.41. The standard InChI is InChI=1S/C10H12ClFO/c1-2-3-4-7-5-8(11)9(12)6-10(7)13/h5-6,13H,2-4H2,1H3. The average Bonchev–Trinajstić information content (AvgIpc) is 2.09. The molecule has 0 aliphatic carbocycles. The van der Waals surface area contributed by atoms with Crippen molar-refractivity contribution in [2.24, 2.45) is 0 Å². The van der Waals surface area contributed by atoms with Crippen LogP contribution in [-0.2, 0) is 6.42 Å². The Bertz CT molecular complexity index is 299. The Morgan fingerprint density at radius 1 is 1.46 bits per heavy atom. The molecule has 0 saturated carbocycles. The molecule has 1 nitrogen and oxygen atoms in total. The van der Waals surface area contributed by atoms with E-state index in [1.807, 2.05) is 0 Å². The number of phenols is 1. The summed E-state index contributed by atoms with van der Waals surface area (Å²) in [6, 6.07) is 2.55. The first-order valence-electron chi connectivity index (χ1n) is 4.32. The predicted molar refractivity (Wildman–Crippen MR) is 51.7 cm³/mol. The molecule has 0 fully saturated rings. The molecule has 0 bridgehead atoms. The lowest BCUT2D eigenvalue weighted by molar-refractivity contribution is 0.461. The molecule has 1 rings (SSSR count). The lowest BCUT2D eigenvalue weighted by Gasteiger charge is -2.04. The fraction of sp³-hybridized carbons (Fsp3) is 0.400. The number of unbranched alkanes of at least 4 members (excludes halogenated alkanes) is 1. The maximum Gasteiger partial charge on any atom is 0.145 e. The SMILES string of the molecule is CCCCc1cc(Cl)c(F)cc1O. The molecule has 0 saturated heterocycles. The van der Waals surface area contributed by atoms with Gasteiger partial charge in [0.05, 0.1) is 5.02 Å². The fourth-order valence-electron chi connectivity index (χ4n) is 1.14. The molecule has 0 amide bonds. The van der Waals surface area contributed by atoms with E-state index in [4.69, 9.17) is 11.6 Å². The number of phenolic OH excluding ortho intramolecular Hbond substituents is 1. The van der Waals surface area contributed by atoms with E-state index in [-0.39, 0.29) is 10.8 Å². The van der Waals surface area contributed by atoms with Crippen molar-refractivity contribution in [3.63, 3.8) is 0 Å². The topological polar surface area (TPSA) is 20.2 Å². The summed E-state index contributed by atoms with van der Waals surface area (Å²) in [6.45, 7) is 2.06. The highest BCUT2D eigenvalue weighted by atomic mass is 35.5. The van der Waals surface area contributed by atoms with Crippen molar-refractivity contribution in [3.05, 3.63) is 28.5 Å². The van der Waals surface area contributed by atoms with Crippen molar-refractivity contribution in [1.82, 2.24) is 0 Å². The van der Waals surface area contributed by atoms with Crippen molar-refractivity contribution in [3.8, 4) is 5.75 Å². The first-order valence-corrected chi connectivity index (χ1v) is 4.69. The van der Waals surface area contributed by atoms with Crippen LogP contribution in [0.25, 0.3) is 0 Å². The molecular formula is C10H12ClFO. The fourth-order valence-corrected chi connectivity index (χ4v) is 1.33. The van der Waals surface area contributed by atoms with E-state index in [0.29, 0.717) is 5.56 Å². The van der Waals surface area contributed by atoms with Crippen LogP contribution in [0.2, 0.25) is 5.02 Å². The highest BCUT2D eigenvalue weighted by Crippen LogP contribution is 2.26. The van der Waals surface area contributed by atoms with Crippen LogP contribution in [0, 0.1) is 5.82 Å². The summed E-state index contributed by atoms with van der Waals surface area (Å²) in [4.78, 5) is 0. The molecule has 1 N–H and O–H groups in total. The molecule has 0 atom stereocenters. The number of aryl methyl sites for hydroxylation is 1. The van der Waals surface area contributed by atoms with Crippen LogP contribution in [0.3, 0.4) is 0 Å². The molecule has 0 unspecified atom stereocenters. The lowest BCUT2D eigenvalue weighted by Crippen LogP contribution is -1.88. The average molecular weight is 203 g/mol. The Labute approximate surface area is 82.2 Å². The lowest BCUT2D eigenvalue weighted by atomic mass is 10.1. The van der Waals surface area contributed by atoms with Crippen molar-refractivity contribution < 1.29 is 9.50 Å². The molecule has 0 spiro atoms. The third kappa shape index (κ3) is 2.59. The van der Waals surface area contributed by atoms with E-state index in [0.717, 1.165) is 25.3 Å². The van der Waals surface area contributed by atoms with Crippen molar-refractivity contribution >= 4 is 11.6 Å². The Kier molecular flexibility index (Phi) is 3.55. The normalized spacial score (nSPS) is 10.4. The van der Waals surface area contributed by atoms with Crippen LogP contribution in [0.15, 0.2) is 12.1 Å². The predicted octanol–water partition coefficient (Wildman–Crippen LogP) is 3.53. The Hall–Kier alpha value is -0.760. The molecular weight excluding hydrogens is 191 g/mol. The van der Waals surface area contributed by atoms with Gasteiger partial charge in [0.2, 0.25) is 0 Å². The summed E-state index contributed by atoms with van der Waals surface area (Å²) in [5.41, 5.74) is 0.716. The summed E-state index contributed by atoms with van der Waals surface area (Å²) >= 11 is 5.58. The Balaban J connectivity index is 2.88. The molecule has 0 aliphatic rings. The van der Waals surface area contributed by atoms with Crippen LogP contribution >= 0.6 is 11.6 Å². The number of benzene rings is 1. The summed E-state index contributed by atoms with van der Waals surface area (Å²) in [7, 11) is 0. The van der Waals surface area contributed by atoms with Gasteiger partial charge >= 0.3 is 0 Å². The zero-order chi connectivity index (χ0) is 9.84. The Morgan fingerprint density at radius 2 is 2.15 bits per heavy atom. The van der Waals surface area contributed by atoms with Crippen LogP contribution in [-0.4, -0.2) is 5.11 Å². The largest absolute Gasteiger partial charge is 0.508 e. The van der Waals surface area contributed by atoms with E-state index in [9.17, 15) is 9.50 Å². The highest BCUT2D eigenvalue weighted by molar-refractivity contribution is 6.30. The first kappa shape index (κ1) is 10.3. The van der Waals surface area contributed by atoms with E-state index >= 15 is 0 Å². The highest BCUT2D eigenvalue weighted by Gasteiger charge is 2.06. The van der Waals surface area contributed by atoms with Crippen LogP contribution in [0.1, 0.15) is 25.3 Å². The number of halogens is 2. The van der Waals surface area contributed by atoms with Crippen molar-refractivity contribution in [2.45, 2.75) is 26.2 Å². The number of aromatic hydroxyl groups is 1. The van der Waals surface area contributed by atoms with Gasteiger partial charge in [-0.25, -0.2) is 4.39 Å². The molecule has 72 valence electrons. The van der Waals surface area contributed by atoms with Gasteiger partial charge < -0.3 is 5.11 Å². The minimum atomic E-state index is -0.570. The van der Waals surface area contributed by atoms with Crippen LogP contribution in [0.5, 0.6) is 5.75 Å². The van der Waals surface area contributed by atoms with Gasteiger partial charge in [-0.05, 0) is 24.5 Å². The van der Waals surface area contributed by atoms with Gasteiger partial charge in [0.15, 0.2) is 0 Å². The van der Waals surface area contributed by atoms with Gasteiger partial charge in [-0.1, -0.05) is 24.9 Å². The zero-order valence-electron chi connectivity index (χ0n) is 7.48. The van der Waals surface area contributed by atoms with Gasteiger partial charge in [0, 0.05) is 6.07 Å². The first-order chi connectivity index (χ1) is 6.15. The quantitative estimate of drug-likeness (QED) is 0.795. The Morgan fingerprint density at radius 3 is 2.77 bits per heavy atom. The van der Waals surface area contributed by atoms with Gasteiger partial charge in [-0.15, -0.1) is 0 Å². The van der Waals surface area contributed by atoms with Gasteiger partial charge in [-0.3, -0.25) is 0 Å². The molecule has 0 radical (unpaired) electrons. The molecule has 1 aromatic rings. The molecule has 0 heterocycles. The molecule has 13 heavy (non-hydrogen) atoms. The summed E-state index contributed by atoms with van der Waals surface area (Å²) in [6.07, 6.45) is 2.74. The minimum absolute atomic E-state index is 0.00431. The second kappa shape index (κ2) is 4.47. The van der Waals surface area contributed by atoms with E-state index in [1.54, 1.807) is 0 Å². The third-order valence-corrected chi connectivity index (χ3v) is 2.21.